The monoisotopic (exact) mass is 408 g/mol. The van der Waals surface area contributed by atoms with Crippen LogP contribution in [0, 0.1) is 0 Å². The molecule has 31 heavy (non-hydrogen) atoms. The topological polar surface area (TPSA) is 86.3 Å². The Morgan fingerprint density at radius 3 is 2.45 bits per heavy atom. The number of carbonyl (C=O) groups is 2. The van der Waals surface area contributed by atoms with Crippen molar-refractivity contribution in [3.8, 4) is 11.3 Å². The van der Waals surface area contributed by atoms with Crippen LogP contribution in [0.2, 0.25) is 0 Å². The molecule has 3 N–H and O–H groups in total. The van der Waals surface area contributed by atoms with Gasteiger partial charge in [0.2, 0.25) is 0 Å². The first-order chi connectivity index (χ1) is 15.1. The van der Waals surface area contributed by atoms with E-state index in [1.165, 1.54) is 0 Å². The van der Waals surface area contributed by atoms with E-state index in [4.69, 9.17) is 0 Å². The van der Waals surface area contributed by atoms with Gasteiger partial charge in [-0.25, -0.2) is 5.43 Å². The molecule has 1 aliphatic heterocycles. The Morgan fingerprint density at radius 2 is 1.71 bits per heavy atom. The summed E-state index contributed by atoms with van der Waals surface area (Å²) >= 11 is 0. The number of rotatable bonds is 4. The quantitative estimate of drug-likeness (QED) is 0.467. The van der Waals surface area contributed by atoms with Gasteiger partial charge in [0.25, 0.3) is 11.8 Å². The first kappa shape index (κ1) is 18.8. The number of benzene rings is 3. The molecule has 4 aromatic rings. The molecule has 0 fully saturated rings. The maximum absolute atomic E-state index is 13.0. The molecule has 0 radical (unpaired) electrons. The summed E-state index contributed by atoms with van der Waals surface area (Å²) in [7, 11) is 0. The number of carbonyl (C=O) groups excluding carboxylic acids is 2. The van der Waals surface area contributed by atoms with Crippen LogP contribution in [-0.4, -0.2) is 23.0 Å². The van der Waals surface area contributed by atoms with Crippen molar-refractivity contribution < 1.29 is 9.59 Å². The fourth-order valence-corrected chi connectivity index (χ4v) is 3.95. The minimum Gasteiger partial charge on any atom is -0.354 e. The lowest BCUT2D eigenvalue weighted by atomic mass is 9.99. The molecule has 5 rings (SSSR count). The first-order valence-corrected chi connectivity index (χ1v) is 10.1. The van der Waals surface area contributed by atoms with Gasteiger partial charge in [-0.05, 0) is 30.2 Å². The smallest absolute Gasteiger partial charge is 0.272 e. The van der Waals surface area contributed by atoms with Gasteiger partial charge in [0.05, 0.1) is 23.5 Å². The van der Waals surface area contributed by atoms with Crippen molar-refractivity contribution in [2.45, 2.75) is 13.0 Å². The van der Waals surface area contributed by atoms with Crippen molar-refractivity contribution >= 4 is 28.9 Å². The molecule has 0 spiro atoms. The van der Waals surface area contributed by atoms with Crippen LogP contribution < -0.4 is 10.7 Å². The van der Waals surface area contributed by atoms with Crippen molar-refractivity contribution in [1.29, 1.82) is 0 Å². The number of aromatic nitrogens is 1. The standard InChI is InChI=1S/C25H20N4O2/c1-15(16-8-4-2-5-9-16)27-24(30)18-12-19-22-20(14-26-29-25(19)31)23(28-21(22)13-18)17-10-6-3-7-11-17/h2-15,28H,1H3,(H,27,30)(H,29,31). The highest BCUT2D eigenvalue weighted by Gasteiger charge is 2.23. The Hall–Kier alpha value is -4.19. The molecule has 0 aliphatic carbocycles. The van der Waals surface area contributed by atoms with E-state index in [0.717, 1.165) is 27.8 Å². The molecule has 1 aromatic heterocycles. The predicted molar refractivity (Wildman–Crippen MR) is 121 cm³/mol. The zero-order valence-corrected chi connectivity index (χ0v) is 16.8. The summed E-state index contributed by atoms with van der Waals surface area (Å²) in [6, 6.07) is 22.8. The van der Waals surface area contributed by atoms with E-state index < -0.39 is 0 Å². The summed E-state index contributed by atoms with van der Waals surface area (Å²) in [4.78, 5) is 29.1. The highest BCUT2D eigenvalue weighted by atomic mass is 16.2. The van der Waals surface area contributed by atoms with Crippen molar-refractivity contribution in [3.05, 3.63) is 95.1 Å². The summed E-state index contributed by atoms with van der Waals surface area (Å²) in [6.07, 6.45) is 1.65. The van der Waals surface area contributed by atoms with E-state index in [-0.39, 0.29) is 17.9 Å². The summed E-state index contributed by atoms with van der Waals surface area (Å²) < 4.78 is 0. The summed E-state index contributed by atoms with van der Waals surface area (Å²) in [6.45, 7) is 1.93. The van der Waals surface area contributed by atoms with Crippen molar-refractivity contribution in [2.75, 3.05) is 0 Å². The normalized spacial score (nSPS) is 13.5. The Balaban J connectivity index is 1.59. The molecule has 152 valence electrons. The number of aromatic amines is 1. The Bertz CT molecular complexity index is 1320. The second kappa shape index (κ2) is 7.57. The molecular weight excluding hydrogens is 388 g/mol. The number of hydrogen-bond donors (Lipinski definition) is 3. The van der Waals surface area contributed by atoms with Crippen LogP contribution >= 0.6 is 0 Å². The van der Waals surface area contributed by atoms with Crippen LogP contribution in [0.5, 0.6) is 0 Å². The lowest BCUT2D eigenvalue weighted by molar-refractivity contribution is 0.0940. The van der Waals surface area contributed by atoms with E-state index in [0.29, 0.717) is 16.6 Å². The van der Waals surface area contributed by atoms with Crippen LogP contribution in [-0.2, 0) is 0 Å². The van der Waals surface area contributed by atoms with Gasteiger partial charge in [-0.15, -0.1) is 0 Å². The minimum absolute atomic E-state index is 0.167. The average molecular weight is 408 g/mol. The number of nitrogens with zero attached hydrogens (tertiary/aromatic N) is 1. The van der Waals surface area contributed by atoms with Crippen molar-refractivity contribution in [1.82, 2.24) is 15.7 Å². The number of hydrogen-bond acceptors (Lipinski definition) is 3. The third-order valence-corrected chi connectivity index (χ3v) is 5.51. The summed E-state index contributed by atoms with van der Waals surface area (Å²) in [5.41, 5.74) is 7.74. The molecule has 2 amide bonds. The van der Waals surface area contributed by atoms with Crippen LogP contribution in [0.25, 0.3) is 22.2 Å². The maximum atomic E-state index is 13.0. The average Bonchev–Trinajstić information content (AvgIpc) is 3.09. The SMILES string of the molecule is CC(NC(=O)c1cc2c3c(c(-c4ccccc4)[nH]c3c1)C=NNC2=O)c1ccccc1. The fourth-order valence-electron chi connectivity index (χ4n) is 3.95. The highest BCUT2D eigenvalue weighted by molar-refractivity contribution is 6.18. The van der Waals surface area contributed by atoms with Gasteiger partial charge in [0.1, 0.15) is 0 Å². The van der Waals surface area contributed by atoms with Crippen molar-refractivity contribution in [3.63, 3.8) is 0 Å². The minimum atomic E-state index is -0.343. The second-order valence-electron chi connectivity index (χ2n) is 7.53. The first-order valence-electron chi connectivity index (χ1n) is 10.1. The van der Waals surface area contributed by atoms with Gasteiger partial charge >= 0.3 is 0 Å². The zero-order chi connectivity index (χ0) is 21.4. The molecule has 0 saturated carbocycles. The third-order valence-electron chi connectivity index (χ3n) is 5.51. The van der Waals surface area contributed by atoms with E-state index in [9.17, 15) is 9.59 Å². The van der Waals surface area contributed by atoms with Crippen LogP contribution in [0.4, 0.5) is 0 Å². The van der Waals surface area contributed by atoms with Gasteiger partial charge in [0.15, 0.2) is 0 Å². The van der Waals surface area contributed by atoms with Crippen LogP contribution in [0.3, 0.4) is 0 Å². The lowest BCUT2D eigenvalue weighted by Gasteiger charge is -2.15. The van der Waals surface area contributed by atoms with Gasteiger partial charge < -0.3 is 10.3 Å². The number of hydrazone groups is 1. The molecule has 0 saturated heterocycles. The maximum Gasteiger partial charge on any atom is 0.272 e. The highest BCUT2D eigenvalue weighted by Crippen LogP contribution is 2.33. The Morgan fingerprint density at radius 1 is 1.00 bits per heavy atom. The Kier molecular flexibility index (Phi) is 4.59. The largest absolute Gasteiger partial charge is 0.354 e. The molecular formula is C25H20N4O2. The number of amides is 2. The van der Waals surface area contributed by atoms with E-state index in [2.05, 4.69) is 20.8 Å². The van der Waals surface area contributed by atoms with Crippen molar-refractivity contribution in [2.24, 2.45) is 5.10 Å². The van der Waals surface area contributed by atoms with Gasteiger partial charge in [0, 0.05) is 22.0 Å². The summed E-state index contributed by atoms with van der Waals surface area (Å²) in [5.74, 6) is -0.589. The van der Waals surface area contributed by atoms with Gasteiger partial charge in [-0.1, -0.05) is 60.7 Å². The third kappa shape index (κ3) is 3.38. The number of nitrogens with one attached hydrogen (secondary N) is 3. The van der Waals surface area contributed by atoms with E-state index in [1.54, 1.807) is 18.3 Å². The molecule has 1 unspecified atom stereocenters. The van der Waals surface area contributed by atoms with Gasteiger partial charge in [-0.3, -0.25) is 9.59 Å². The van der Waals surface area contributed by atoms with E-state index >= 15 is 0 Å². The summed E-state index contributed by atoms with van der Waals surface area (Å²) in [5, 5.41) is 7.84. The lowest BCUT2D eigenvalue weighted by Crippen LogP contribution is -2.27. The van der Waals surface area contributed by atoms with Gasteiger partial charge in [-0.2, -0.15) is 5.10 Å². The molecule has 0 bridgehead atoms. The van der Waals surface area contributed by atoms with E-state index in [1.807, 2.05) is 67.6 Å². The molecule has 3 aromatic carbocycles. The van der Waals surface area contributed by atoms with Crippen LogP contribution in [0.15, 0.2) is 77.9 Å². The Labute approximate surface area is 179 Å². The second-order valence-corrected chi connectivity index (χ2v) is 7.53. The molecule has 1 aliphatic rings. The molecule has 1 atom stereocenters. The molecule has 2 heterocycles. The zero-order valence-electron chi connectivity index (χ0n) is 16.8. The van der Waals surface area contributed by atoms with Crippen LogP contribution in [0.1, 0.15) is 44.8 Å². The molecule has 6 nitrogen and oxygen atoms in total. The molecule has 6 heteroatoms. The fraction of sp³-hybridized carbons (Fsp3) is 0.0800. The predicted octanol–water partition coefficient (Wildman–Crippen LogP) is 4.40. The number of H-pyrrole nitrogens is 1.